The largest absolute Gasteiger partial charge is 0.488 e. The summed E-state index contributed by atoms with van der Waals surface area (Å²) in [6.07, 6.45) is 3.54. The molecule has 1 unspecified atom stereocenters. The molecular formula is C22H28N2O. The van der Waals surface area contributed by atoms with Crippen LogP contribution in [0.5, 0.6) is 5.75 Å². The number of piperazine rings is 1. The van der Waals surface area contributed by atoms with E-state index in [4.69, 9.17) is 4.74 Å². The molecule has 3 nitrogen and oxygen atoms in total. The maximum atomic E-state index is 6.51. The smallest absolute Gasteiger partial charge is 0.126 e. The summed E-state index contributed by atoms with van der Waals surface area (Å²) in [5.41, 5.74) is 4.05. The molecule has 132 valence electrons. The topological polar surface area (TPSA) is 15.7 Å². The number of aryl methyl sites for hydroxylation is 1. The lowest BCUT2D eigenvalue weighted by Gasteiger charge is -2.36. The van der Waals surface area contributed by atoms with Gasteiger partial charge >= 0.3 is 0 Å². The Hall–Kier alpha value is -1.84. The van der Waals surface area contributed by atoms with Gasteiger partial charge in [0.05, 0.1) is 0 Å². The third-order valence-electron chi connectivity index (χ3n) is 5.49. The van der Waals surface area contributed by atoms with E-state index >= 15 is 0 Å². The van der Waals surface area contributed by atoms with E-state index in [0.717, 1.165) is 44.6 Å². The second-order valence-electron chi connectivity index (χ2n) is 7.45. The Labute approximate surface area is 151 Å². The van der Waals surface area contributed by atoms with E-state index in [1.54, 1.807) is 0 Å². The summed E-state index contributed by atoms with van der Waals surface area (Å²) in [5.74, 6) is 1.15. The van der Waals surface area contributed by atoms with Gasteiger partial charge in [-0.05, 0) is 36.6 Å². The van der Waals surface area contributed by atoms with Gasteiger partial charge in [0, 0.05) is 39.1 Å². The normalized spacial score (nSPS) is 21.6. The fraction of sp³-hybridized carbons (Fsp3) is 0.455. The number of rotatable bonds is 4. The zero-order chi connectivity index (χ0) is 17.1. The molecule has 0 radical (unpaired) electrons. The minimum Gasteiger partial charge on any atom is -0.488 e. The summed E-state index contributed by atoms with van der Waals surface area (Å²) in [4.78, 5) is 4.97. The molecule has 0 N–H and O–H groups in total. The molecule has 1 fully saturated rings. The number of hydrogen-bond donors (Lipinski definition) is 0. The van der Waals surface area contributed by atoms with Crippen LogP contribution in [0.1, 0.15) is 23.1 Å². The summed E-state index contributed by atoms with van der Waals surface area (Å²) >= 11 is 0. The zero-order valence-corrected chi connectivity index (χ0v) is 15.2. The van der Waals surface area contributed by atoms with Crippen LogP contribution in [0.25, 0.3) is 0 Å². The van der Waals surface area contributed by atoms with Crippen LogP contribution in [0.15, 0.2) is 48.5 Å². The standard InChI is InChI=1S/C22H28N2O/c1-23-12-14-24(15-13-23)17-21-11-10-19-8-5-9-20(22(19)25-21)16-18-6-3-2-4-7-18/h2-9,21H,10-17H2,1H3. The highest BCUT2D eigenvalue weighted by molar-refractivity contribution is 5.45. The van der Waals surface area contributed by atoms with E-state index < -0.39 is 0 Å². The van der Waals surface area contributed by atoms with Crippen molar-refractivity contribution in [3.05, 3.63) is 65.2 Å². The molecule has 1 atom stereocenters. The predicted octanol–water partition coefficient (Wildman–Crippen LogP) is 3.22. The molecule has 0 saturated carbocycles. The monoisotopic (exact) mass is 336 g/mol. The van der Waals surface area contributed by atoms with E-state index in [1.807, 2.05) is 0 Å². The van der Waals surface area contributed by atoms with E-state index in [0.29, 0.717) is 6.10 Å². The quantitative estimate of drug-likeness (QED) is 0.853. The average molecular weight is 336 g/mol. The maximum Gasteiger partial charge on any atom is 0.126 e. The van der Waals surface area contributed by atoms with Crippen LogP contribution < -0.4 is 4.74 Å². The van der Waals surface area contributed by atoms with Gasteiger partial charge in [-0.2, -0.15) is 0 Å². The molecule has 2 heterocycles. The first-order valence-corrected chi connectivity index (χ1v) is 9.50. The highest BCUT2D eigenvalue weighted by Crippen LogP contribution is 2.33. The van der Waals surface area contributed by atoms with Gasteiger partial charge in [-0.3, -0.25) is 4.90 Å². The second kappa shape index (κ2) is 7.59. The molecular weight excluding hydrogens is 308 g/mol. The molecule has 2 aliphatic rings. The van der Waals surface area contributed by atoms with Crippen LogP contribution in [0.4, 0.5) is 0 Å². The lowest BCUT2D eigenvalue weighted by molar-refractivity contribution is 0.0820. The lowest BCUT2D eigenvalue weighted by atomic mass is 9.95. The summed E-state index contributed by atoms with van der Waals surface area (Å²) in [7, 11) is 2.21. The minimum absolute atomic E-state index is 0.327. The number of likely N-dealkylation sites (N-methyl/N-ethyl adjacent to an activating group) is 1. The first kappa shape index (κ1) is 16.6. The van der Waals surface area contributed by atoms with Crippen LogP contribution in [0, 0.1) is 0 Å². The summed E-state index contributed by atoms with van der Waals surface area (Å²) in [6.45, 7) is 5.72. The Kier molecular flexibility index (Phi) is 5.04. The van der Waals surface area contributed by atoms with Gasteiger partial charge in [-0.15, -0.1) is 0 Å². The molecule has 1 saturated heterocycles. The Morgan fingerprint density at radius 1 is 0.960 bits per heavy atom. The van der Waals surface area contributed by atoms with Crippen molar-refractivity contribution in [2.45, 2.75) is 25.4 Å². The number of para-hydroxylation sites is 1. The van der Waals surface area contributed by atoms with Gasteiger partial charge in [0.2, 0.25) is 0 Å². The first-order chi connectivity index (χ1) is 12.3. The molecule has 0 aliphatic carbocycles. The molecule has 3 heteroatoms. The van der Waals surface area contributed by atoms with Crippen molar-refractivity contribution in [2.24, 2.45) is 0 Å². The number of hydrogen-bond acceptors (Lipinski definition) is 3. The van der Waals surface area contributed by atoms with Crippen LogP contribution in [0.3, 0.4) is 0 Å². The second-order valence-corrected chi connectivity index (χ2v) is 7.45. The van der Waals surface area contributed by atoms with Crippen molar-refractivity contribution in [1.82, 2.24) is 9.80 Å². The van der Waals surface area contributed by atoms with Crippen molar-refractivity contribution in [1.29, 1.82) is 0 Å². The third kappa shape index (κ3) is 4.05. The maximum absolute atomic E-state index is 6.51. The summed E-state index contributed by atoms with van der Waals surface area (Å²) in [6, 6.07) is 17.3. The van der Waals surface area contributed by atoms with Crippen molar-refractivity contribution in [2.75, 3.05) is 39.8 Å². The van der Waals surface area contributed by atoms with Crippen molar-refractivity contribution < 1.29 is 4.74 Å². The zero-order valence-electron chi connectivity index (χ0n) is 15.2. The fourth-order valence-electron chi connectivity index (χ4n) is 3.93. The van der Waals surface area contributed by atoms with Gasteiger partial charge in [0.15, 0.2) is 0 Å². The van der Waals surface area contributed by atoms with Gasteiger partial charge < -0.3 is 9.64 Å². The number of benzene rings is 2. The number of fused-ring (bicyclic) bond motifs is 1. The van der Waals surface area contributed by atoms with Crippen molar-refractivity contribution in [3.63, 3.8) is 0 Å². The molecule has 2 aromatic carbocycles. The van der Waals surface area contributed by atoms with Crippen LogP contribution in [0.2, 0.25) is 0 Å². The van der Waals surface area contributed by atoms with E-state index in [2.05, 4.69) is 65.4 Å². The highest BCUT2D eigenvalue weighted by atomic mass is 16.5. The van der Waals surface area contributed by atoms with Gasteiger partial charge in [0.25, 0.3) is 0 Å². The van der Waals surface area contributed by atoms with Crippen LogP contribution in [-0.2, 0) is 12.8 Å². The van der Waals surface area contributed by atoms with Crippen molar-refractivity contribution in [3.8, 4) is 5.75 Å². The number of ether oxygens (including phenoxy) is 1. The number of nitrogens with zero attached hydrogens (tertiary/aromatic N) is 2. The lowest BCUT2D eigenvalue weighted by Crippen LogP contribution is -2.48. The fourth-order valence-corrected chi connectivity index (χ4v) is 3.93. The molecule has 0 aromatic heterocycles. The van der Waals surface area contributed by atoms with Crippen molar-refractivity contribution >= 4 is 0 Å². The highest BCUT2D eigenvalue weighted by Gasteiger charge is 2.25. The third-order valence-corrected chi connectivity index (χ3v) is 5.49. The Bertz CT molecular complexity index is 692. The molecule has 4 rings (SSSR count). The molecule has 0 bridgehead atoms. The first-order valence-electron chi connectivity index (χ1n) is 9.50. The molecule has 0 spiro atoms. The Morgan fingerprint density at radius 2 is 1.76 bits per heavy atom. The molecule has 25 heavy (non-hydrogen) atoms. The average Bonchev–Trinajstić information content (AvgIpc) is 2.65. The molecule has 2 aliphatic heterocycles. The molecule has 0 amide bonds. The van der Waals surface area contributed by atoms with E-state index in [-0.39, 0.29) is 0 Å². The van der Waals surface area contributed by atoms with Gasteiger partial charge in [-0.1, -0.05) is 48.5 Å². The van der Waals surface area contributed by atoms with Gasteiger partial charge in [-0.25, -0.2) is 0 Å². The Balaban J connectivity index is 1.46. The van der Waals surface area contributed by atoms with Gasteiger partial charge in [0.1, 0.15) is 11.9 Å². The SMILES string of the molecule is CN1CCN(CC2CCc3cccc(Cc4ccccc4)c3O2)CC1. The summed E-state index contributed by atoms with van der Waals surface area (Å²) < 4.78 is 6.51. The predicted molar refractivity (Wildman–Crippen MR) is 102 cm³/mol. The van der Waals surface area contributed by atoms with Crippen LogP contribution in [-0.4, -0.2) is 55.7 Å². The molecule has 2 aromatic rings. The summed E-state index contributed by atoms with van der Waals surface area (Å²) in [5, 5.41) is 0. The van der Waals surface area contributed by atoms with E-state index in [1.165, 1.54) is 29.8 Å². The van der Waals surface area contributed by atoms with Crippen LogP contribution >= 0.6 is 0 Å². The van der Waals surface area contributed by atoms with E-state index in [9.17, 15) is 0 Å². The minimum atomic E-state index is 0.327. The Morgan fingerprint density at radius 3 is 2.56 bits per heavy atom.